The maximum atomic E-state index is 9.29. The molecule has 0 spiro atoms. The number of hydrogen-bond acceptors (Lipinski definition) is 3. The van der Waals surface area contributed by atoms with Gasteiger partial charge in [0, 0.05) is 0 Å². The van der Waals surface area contributed by atoms with Crippen LogP contribution in [-0.4, -0.2) is 23.4 Å². The lowest BCUT2D eigenvalue weighted by atomic mass is 10.1. The van der Waals surface area contributed by atoms with Gasteiger partial charge in [0.15, 0.2) is 0 Å². The van der Waals surface area contributed by atoms with E-state index in [0.29, 0.717) is 0 Å². The minimum Gasteiger partial charge on any atom is -0.481 e. The van der Waals surface area contributed by atoms with E-state index in [1.165, 1.54) is 51.4 Å². The molecule has 0 atom stereocenters. The van der Waals surface area contributed by atoms with Gasteiger partial charge in [-0.1, -0.05) is 51.9 Å². The number of rotatable bonds is 9. The number of aliphatic carboxylic acids is 1. The SMILES string of the molecule is CCCCCCCCCCN.O=C(O)CS. The maximum absolute atomic E-state index is 9.29. The Balaban J connectivity index is 0. The van der Waals surface area contributed by atoms with E-state index in [1.54, 1.807) is 0 Å². The molecule has 0 fully saturated rings. The molecule has 0 amide bonds. The number of hydrogen-bond donors (Lipinski definition) is 3. The highest BCUT2D eigenvalue weighted by Gasteiger charge is 1.89. The second kappa shape index (κ2) is 17.2. The summed E-state index contributed by atoms with van der Waals surface area (Å²) in [7, 11) is 0. The van der Waals surface area contributed by atoms with Crippen molar-refractivity contribution in [3.63, 3.8) is 0 Å². The Morgan fingerprint density at radius 1 is 1.06 bits per heavy atom. The lowest BCUT2D eigenvalue weighted by Gasteiger charge is -1.99. The summed E-state index contributed by atoms with van der Waals surface area (Å²) in [5.41, 5.74) is 5.39. The summed E-state index contributed by atoms with van der Waals surface area (Å²) >= 11 is 3.42. The average Bonchev–Trinajstić information content (AvgIpc) is 2.29. The third-order valence-electron chi connectivity index (χ3n) is 2.19. The molecule has 3 N–H and O–H groups in total. The molecule has 3 nitrogen and oxygen atoms in total. The van der Waals surface area contributed by atoms with Gasteiger partial charge in [-0.15, -0.1) is 0 Å². The molecule has 0 unspecified atom stereocenters. The van der Waals surface area contributed by atoms with E-state index >= 15 is 0 Å². The van der Waals surface area contributed by atoms with E-state index in [0.717, 1.165) is 6.54 Å². The molecule has 98 valence electrons. The molecule has 4 heteroatoms. The van der Waals surface area contributed by atoms with Crippen LogP contribution in [0.4, 0.5) is 0 Å². The van der Waals surface area contributed by atoms with Gasteiger partial charge >= 0.3 is 5.97 Å². The minimum atomic E-state index is -0.881. The summed E-state index contributed by atoms with van der Waals surface area (Å²) in [6.45, 7) is 3.13. The maximum Gasteiger partial charge on any atom is 0.313 e. The average molecular weight is 249 g/mol. The predicted molar refractivity (Wildman–Crippen MR) is 73.2 cm³/mol. The highest BCUT2D eigenvalue weighted by Crippen LogP contribution is 2.07. The van der Waals surface area contributed by atoms with Gasteiger partial charge in [0.2, 0.25) is 0 Å². The summed E-state index contributed by atoms with van der Waals surface area (Å²) in [6.07, 6.45) is 11.0. The van der Waals surface area contributed by atoms with Crippen molar-refractivity contribution in [2.75, 3.05) is 12.3 Å². The first kappa shape index (κ1) is 18.2. The van der Waals surface area contributed by atoms with Crippen LogP contribution >= 0.6 is 12.6 Å². The van der Waals surface area contributed by atoms with E-state index in [-0.39, 0.29) is 5.75 Å². The molecule has 0 aromatic heterocycles. The molecule has 0 saturated carbocycles. The lowest BCUT2D eigenvalue weighted by Crippen LogP contribution is -1.97. The largest absolute Gasteiger partial charge is 0.481 e. The van der Waals surface area contributed by atoms with Crippen LogP contribution < -0.4 is 5.73 Å². The van der Waals surface area contributed by atoms with Crippen LogP contribution in [0.3, 0.4) is 0 Å². The predicted octanol–water partition coefficient (Wildman–Crippen LogP) is 3.09. The van der Waals surface area contributed by atoms with Crippen LogP contribution in [0.1, 0.15) is 58.3 Å². The Morgan fingerprint density at radius 3 is 1.75 bits per heavy atom. The molecule has 16 heavy (non-hydrogen) atoms. The fraction of sp³-hybridized carbons (Fsp3) is 0.917. The van der Waals surface area contributed by atoms with Crippen molar-refractivity contribution in [1.82, 2.24) is 0 Å². The van der Waals surface area contributed by atoms with Crippen LogP contribution in [0.2, 0.25) is 0 Å². The summed E-state index contributed by atoms with van der Waals surface area (Å²) in [5.74, 6) is -0.965. The van der Waals surface area contributed by atoms with Crippen molar-refractivity contribution in [3.8, 4) is 0 Å². The topological polar surface area (TPSA) is 63.3 Å². The molecule has 0 saturated heterocycles. The normalized spacial score (nSPS) is 9.44. The molecule has 0 rings (SSSR count). The van der Waals surface area contributed by atoms with Gasteiger partial charge in [-0.25, -0.2) is 0 Å². The van der Waals surface area contributed by atoms with Crippen LogP contribution in [0.5, 0.6) is 0 Å². The van der Waals surface area contributed by atoms with Gasteiger partial charge in [0.25, 0.3) is 0 Å². The molecule has 0 bridgehead atoms. The number of carboxylic acid groups (broad SMARTS) is 1. The summed E-state index contributed by atoms with van der Waals surface area (Å²) in [6, 6.07) is 0. The minimum absolute atomic E-state index is 0.0833. The van der Waals surface area contributed by atoms with Crippen LogP contribution in [0.15, 0.2) is 0 Å². The monoisotopic (exact) mass is 249 g/mol. The number of thiol groups is 1. The first-order valence-corrected chi connectivity index (χ1v) is 6.85. The zero-order valence-corrected chi connectivity index (χ0v) is 11.3. The first-order chi connectivity index (χ1) is 7.68. The van der Waals surface area contributed by atoms with Gasteiger partial charge in [-0.2, -0.15) is 12.6 Å². The zero-order chi connectivity index (χ0) is 12.6. The summed E-state index contributed by atoms with van der Waals surface area (Å²) < 4.78 is 0. The molecular formula is C12H27NO2S. The fourth-order valence-corrected chi connectivity index (χ4v) is 1.28. The number of nitrogens with two attached hydrogens (primary N) is 1. The standard InChI is InChI=1S/C10H23N.C2H4O2S/c1-2-3-4-5-6-7-8-9-10-11;3-2(4)1-5/h2-11H2,1H3;5H,1H2,(H,3,4). The van der Waals surface area contributed by atoms with Gasteiger partial charge in [0.1, 0.15) is 0 Å². The Bertz CT molecular complexity index is 135. The van der Waals surface area contributed by atoms with Crippen molar-refractivity contribution < 1.29 is 9.90 Å². The second-order valence-corrected chi connectivity index (χ2v) is 4.13. The van der Waals surface area contributed by atoms with Crippen molar-refractivity contribution in [2.45, 2.75) is 58.3 Å². The number of carbonyl (C=O) groups is 1. The Kier molecular flexibility index (Phi) is 19.5. The molecule has 0 aliphatic heterocycles. The van der Waals surface area contributed by atoms with Crippen molar-refractivity contribution >= 4 is 18.6 Å². The van der Waals surface area contributed by atoms with Crippen LogP contribution in [0.25, 0.3) is 0 Å². The van der Waals surface area contributed by atoms with E-state index in [4.69, 9.17) is 10.8 Å². The number of unbranched alkanes of at least 4 members (excludes halogenated alkanes) is 7. The fourth-order valence-electron chi connectivity index (χ4n) is 1.28. The smallest absolute Gasteiger partial charge is 0.313 e. The number of carboxylic acids is 1. The first-order valence-electron chi connectivity index (χ1n) is 6.21. The third-order valence-corrected chi connectivity index (χ3v) is 2.46. The molecule has 0 radical (unpaired) electrons. The van der Waals surface area contributed by atoms with Gasteiger partial charge in [0.05, 0.1) is 5.75 Å². The summed E-state index contributed by atoms with van der Waals surface area (Å²) in [5, 5.41) is 7.65. The Labute approximate surface area is 105 Å². The lowest BCUT2D eigenvalue weighted by molar-refractivity contribution is -0.133. The molecule has 0 heterocycles. The molecule has 0 aromatic rings. The van der Waals surface area contributed by atoms with Crippen LogP contribution in [0, 0.1) is 0 Å². The third kappa shape index (κ3) is 23.5. The van der Waals surface area contributed by atoms with E-state index in [2.05, 4.69) is 19.6 Å². The Morgan fingerprint density at radius 2 is 1.44 bits per heavy atom. The molecule has 0 aliphatic rings. The second-order valence-electron chi connectivity index (χ2n) is 3.82. The molecule has 0 aliphatic carbocycles. The highest BCUT2D eigenvalue weighted by atomic mass is 32.1. The van der Waals surface area contributed by atoms with E-state index in [1.807, 2.05) is 0 Å². The zero-order valence-electron chi connectivity index (χ0n) is 10.5. The Hall–Kier alpha value is -0.220. The van der Waals surface area contributed by atoms with Gasteiger partial charge in [-0.05, 0) is 13.0 Å². The van der Waals surface area contributed by atoms with Gasteiger partial charge < -0.3 is 10.8 Å². The van der Waals surface area contributed by atoms with E-state index in [9.17, 15) is 4.79 Å². The molecule has 0 aromatic carbocycles. The summed E-state index contributed by atoms with van der Waals surface area (Å²) in [4.78, 5) is 9.29. The highest BCUT2D eigenvalue weighted by molar-refractivity contribution is 7.81. The van der Waals surface area contributed by atoms with E-state index < -0.39 is 5.97 Å². The van der Waals surface area contributed by atoms with Crippen molar-refractivity contribution in [1.29, 1.82) is 0 Å². The quantitative estimate of drug-likeness (QED) is 0.434. The van der Waals surface area contributed by atoms with Crippen molar-refractivity contribution in [3.05, 3.63) is 0 Å². The van der Waals surface area contributed by atoms with Crippen molar-refractivity contribution in [2.24, 2.45) is 5.73 Å². The van der Waals surface area contributed by atoms with Crippen LogP contribution in [-0.2, 0) is 4.79 Å². The molecular weight excluding hydrogens is 222 g/mol. The van der Waals surface area contributed by atoms with Gasteiger partial charge in [-0.3, -0.25) is 4.79 Å².